The van der Waals surface area contributed by atoms with E-state index in [0.29, 0.717) is 18.2 Å². The number of pyridine rings is 1. The Balaban J connectivity index is 1.34. The summed E-state index contributed by atoms with van der Waals surface area (Å²) in [6.45, 7) is 2.26. The van der Waals surface area contributed by atoms with Crippen molar-refractivity contribution in [2.45, 2.75) is 57.4 Å². The van der Waals surface area contributed by atoms with Crippen LogP contribution in [0.3, 0.4) is 0 Å². The molecule has 162 valence electrons. The standard InChI is InChI=1S/C26H32N4O/c1-29-11-9-25(10-12-29)30-18-23(17-28-30)20-7-8-21-16-27-24(14-22(21)13-20)15-26(31)19-5-3-2-4-6-19/h7-8,13-14,16-19,25H,2-6,9-12,15H2,1H3. The topological polar surface area (TPSA) is 51.0 Å². The van der Waals surface area contributed by atoms with Gasteiger partial charge >= 0.3 is 0 Å². The average molecular weight is 417 g/mol. The third-order valence-corrected chi connectivity index (χ3v) is 7.19. The minimum atomic E-state index is 0.239. The summed E-state index contributed by atoms with van der Waals surface area (Å²) in [5, 5.41) is 6.93. The second-order valence-corrected chi connectivity index (χ2v) is 9.46. The fourth-order valence-electron chi connectivity index (χ4n) is 5.16. The first kappa shape index (κ1) is 20.4. The van der Waals surface area contributed by atoms with E-state index in [1.807, 2.05) is 12.4 Å². The number of carbonyl (C=O) groups excluding carboxylic acids is 1. The molecule has 1 saturated heterocycles. The van der Waals surface area contributed by atoms with Crippen LogP contribution in [0.25, 0.3) is 21.9 Å². The van der Waals surface area contributed by atoms with Crippen molar-refractivity contribution in [1.82, 2.24) is 19.7 Å². The van der Waals surface area contributed by atoms with Gasteiger partial charge in [-0.1, -0.05) is 31.4 Å². The fraction of sp³-hybridized carbons (Fsp3) is 0.500. The maximum absolute atomic E-state index is 12.7. The zero-order chi connectivity index (χ0) is 21.2. The summed E-state index contributed by atoms with van der Waals surface area (Å²) in [6, 6.07) is 9.07. The molecular weight excluding hydrogens is 384 g/mol. The van der Waals surface area contributed by atoms with E-state index in [1.54, 1.807) is 0 Å². The number of hydrogen-bond acceptors (Lipinski definition) is 4. The maximum Gasteiger partial charge on any atom is 0.141 e. The molecule has 5 nitrogen and oxygen atoms in total. The molecule has 2 fully saturated rings. The molecule has 1 saturated carbocycles. The van der Waals surface area contributed by atoms with Gasteiger partial charge in [-0.05, 0) is 68.9 Å². The smallest absolute Gasteiger partial charge is 0.141 e. The lowest BCUT2D eigenvalue weighted by Crippen LogP contribution is -2.31. The van der Waals surface area contributed by atoms with E-state index in [-0.39, 0.29) is 5.92 Å². The zero-order valence-corrected chi connectivity index (χ0v) is 18.5. The molecule has 3 aromatic rings. The Hall–Kier alpha value is -2.53. The summed E-state index contributed by atoms with van der Waals surface area (Å²) >= 11 is 0. The Labute approximate surface area is 184 Å². The molecule has 0 bridgehead atoms. The summed E-state index contributed by atoms with van der Waals surface area (Å²) in [7, 11) is 2.19. The van der Waals surface area contributed by atoms with E-state index in [0.717, 1.165) is 60.8 Å². The number of carbonyl (C=O) groups is 1. The van der Waals surface area contributed by atoms with Crippen molar-refractivity contribution in [3.8, 4) is 11.1 Å². The van der Waals surface area contributed by atoms with Gasteiger partial charge in [0, 0.05) is 41.4 Å². The Morgan fingerprint density at radius 2 is 1.77 bits per heavy atom. The number of ketones is 1. The largest absolute Gasteiger partial charge is 0.306 e. The third-order valence-electron chi connectivity index (χ3n) is 7.19. The SMILES string of the molecule is CN1CCC(n2cc(-c3ccc4cnc(CC(=O)C5CCCCC5)cc4c3)cn2)CC1. The van der Waals surface area contributed by atoms with Gasteiger partial charge < -0.3 is 4.90 Å². The molecule has 5 rings (SSSR count). The second kappa shape index (κ2) is 8.91. The Bertz CT molecular complexity index is 1060. The molecule has 1 aliphatic heterocycles. The molecular formula is C26H32N4O. The highest BCUT2D eigenvalue weighted by Gasteiger charge is 2.22. The van der Waals surface area contributed by atoms with Crippen LogP contribution in [0.5, 0.6) is 0 Å². The molecule has 5 heteroatoms. The molecule has 0 N–H and O–H groups in total. The summed E-state index contributed by atoms with van der Waals surface area (Å²) in [4.78, 5) is 19.7. The lowest BCUT2D eigenvalue weighted by molar-refractivity contribution is -0.123. The lowest BCUT2D eigenvalue weighted by atomic mass is 9.85. The van der Waals surface area contributed by atoms with Gasteiger partial charge in [0.15, 0.2) is 0 Å². The summed E-state index contributed by atoms with van der Waals surface area (Å²) in [5.41, 5.74) is 3.21. The number of hydrogen-bond donors (Lipinski definition) is 0. The van der Waals surface area contributed by atoms with Gasteiger partial charge in [0.2, 0.25) is 0 Å². The summed E-state index contributed by atoms with van der Waals surface area (Å²) in [6.07, 6.45) is 14.6. The van der Waals surface area contributed by atoms with Crippen LogP contribution in [-0.2, 0) is 11.2 Å². The average Bonchev–Trinajstić information content (AvgIpc) is 3.30. The number of aromatic nitrogens is 3. The van der Waals surface area contributed by atoms with E-state index < -0.39 is 0 Å². The van der Waals surface area contributed by atoms with Crippen LogP contribution >= 0.6 is 0 Å². The quantitative estimate of drug-likeness (QED) is 0.584. The van der Waals surface area contributed by atoms with Crippen LogP contribution in [-0.4, -0.2) is 45.6 Å². The van der Waals surface area contributed by atoms with E-state index in [4.69, 9.17) is 0 Å². The van der Waals surface area contributed by atoms with Gasteiger partial charge in [-0.3, -0.25) is 14.5 Å². The first-order chi connectivity index (χ1) is 15.2. The molecule has 0 unspecified atom stereocenters. The van der Waals surface area contributed by atoms with Crippen molar-refractivity contribution < 1.29 is 4.79 Å². The first-order valence-corrected chi connectivity index (χ1v) is 11.8. The van der Waals surface area contributed by atoms with Crippen LogP contribution in [0.2, 0.25) is 0 Å². The van der Waals surface area contributed by atoms with E-state index in [2.05, 4.69) is 57.2 Å². The fourth-order valence-corrected chi connectivity index (χ4v) is 5.16. The molecule has 2 aliphatic rings. The highest BCUT2D eigenvalue weighted by atomic mass is 16.1. The van der Waals surface area contributed by atoms with E-state index in [1.165, 1.54) is 24.8 Å². The van der Waals surface area contributed by atoms with E-state index >= 15 is 0 Å². The van der Waals surface area contributed by atoms with Crippen LogP contribution < -0.4 is 0 Å². The van der Waals surface area contributed by atoms with Crippen LogP contribution in [0.1, 0.15) is 56.7 Å². The minimum Gasteiger partial charge on any atom is -0.306 e. The number of piperidine rings is 1. The molecule has 0 atom stereocenters. The van der Waals surface area contributed by atoms with Crippen molar-refractivity contribution in [2.24, 2.45) is 5.92 Å². The molecule has 0 radical (unpaired) electrons. The van der Waals surface area contributed by atoms with Gasteiger partial charge in [-0.15, -0.1) is 0 Å². The zero-order valence-electron chi connectivity index (χ0n) is 18.5. The number of rotatable bonds is 5. The molecule has 2 aromatic heterocycles. The van der Waals surface area contributed by atoms with E-state index in [9.17, 15) is 4.79 Å². The van der Waals surface area contributed by atoms with Gasteiger partial charge in [-0.2, -0.15) is 5.10 Å². The normalized spacial score (nSPS) is 19.1. The molecule has 0 amide bonds. The van der Waals surface area contributed by atoms with Crippen LogP contribution in [0.15, 0.2) is 42.9 Å². The Morgan fingerprint density at radius 3 is 2.58 bits per heavy atom. The van der Waals surface area contributed by atoms with Crippen molar-refractivity contribution >= 4 is 16.6 Å². The van der Waals surface area contributed by atoms with Crippen molar-refractivity contribution in [3.63, 3.8) is 0 Å². The highest BCUT2D eigenvalue weighted by Crippen LogP contribution is 2.29. The van der Waals surface area contributed by atoms with Crippen molar-refractivity contribution in [1.29, 1.82) is 0 Å². The van der Waals surface area contributed by atoms with Gasteiger partial charge in [0.1, 0.15) is 5.78 Å². The monoisotopic (exact) mass is 416 g/mol. The number of nitrogens with zero attached hydrogens (tertiary/aromatic N) is 4. The molecule has 1 aromatic carbocycles. The van der Waals surface area contributed by atoms with Crippen LogP contribution in [0, 0.1) is 5.92 Å². The van der Waals surface area contributed by atoms with Crippen molar-refractivity contribution in [3.05, 3.63) is 48.5 Å². The highest BCUT2D eigenvalue weighted by molar-refractivity contribution is 5.88. The molecule has 0 spiro atoms. The predicted molar refractivity (Wildman–Crippen MR) is 124 cm³/mol. The maximum atomic E-state index is 12.7. The lowest BCUT2D eigenvalue weighted by Gasteiger charge is -2.28. The number of fused-ring (bicyclic) bond motifs is 1. The molecule has 31 heavy (non-hydrogen) atoms. The van der Waals surface area contributed by atoms with Gasteiger partial charge in [-0.25, -0.2) is 0 Å². The van der Waals surface area contributed by atoms with Gasteiger partial charge in [0.05, 0.1) is 12.2 Å². The van der Waals surface area contributed by atoms with Crippen LogP contribution in [0.4, 0.5) is 0 Å². The minimum absolute atomic E-state index is 0.239. The number of likely N-dealkylation sites (tertiary alicyclic amines) is 1. The molecule has 1 aliphatic carbocycles. The Morgan fingerprint density at radius 1 is 0.968 bits per heavy atom. The Kier molecular flexibility index (Phi) is 5.86. The van der Waals surface area contributed by atoms with Crippen molar-refractivity contribution in [2.75, 3.05) is 20.1 Å². The predicted octanol–water partition coefficient (Wildman–Crippen LogP) is 5.06. The second-order valence-electron chi connectivity index (χ2n) is 9.46. The summed E-state index contributed by atoms with van der Waals surface area (Å²) in [5.74, 6) is 0.602. The third kappa shape index (κ3) is 4.57. The van der Waals surface area contributed by atoms with Gasteiger partial charge in [0.25, 0.3) is 0 Å². The summed E-state index contributed by atoms with van der Waals surface area (Å²) < 4.78 is 2.15. The molecule has 3 heterocycles. The number of Topliss-reactive ketones (excluding diaryl/α,β-unsaturated/α-hetero) is 1. The first-order valence-electron chi connectivity index (χ1n) is 11.8. The number of benzene rings is 1.